The summed E-state index contributed by atoms with van der Waals surface area (Å²) >= 11 is 16.9. The Hall–Kier alpha value is -2.45. The Labute approximate surface area is 226 Å². The van der Waals surface area contributed by atoms with Gasteiger partial charge in [0.1, 0.15) is 0 Å². The zero-order valence-electron chi connectivity index (χ0n) is 18.9. The third kappa shape index (κ3) is 6.04. The molecule has 3 aromatic rings. The maximum Gasteiger partial charge on any atom is 0.271 e. The Bertz CT molecular complexity index is 1300. The predicted molar refractivity (Wildman–Crippen MR) is 150 cm³/mol. The number of ether oxygens (including phenoxy) is 2. The Balaban J connectivity index is 1.74. The second-order valence-corrected chi connectivity index (χ2v) is 10.2. The number of aliphatic imine (C=N–C) groups is 1. The Morgan fingerprint density at radius 3 is 2.34 bits per heavy atom. The normalized spacial score (nSPS) is 15.8. The monoisotopic (exact) mass is 590 g/mol. The van der Waals surface area contributed by atoms with Gasteiger partial charge in [0.2, 0.25) is 0 Å². The van der Waals surface area contributed by atoms with Crippen molar-refractivity contribution >= 4 is 79.4 Å². The lowest BCUT2D eigenvalue weighted by atomic mass is 10.1. The number of amidine groups is 1. The number of nitrogens with zero attached hydrogens (tertiary/aromatic N) is 2. The first-order valence-corrected chi connectivity index (χ1v) is 13.1. The molecule has 0 radical (unpaired) electrons. The van der Waals surface area contributed by atoms with E-state index in [1.165, 1.54) is 11.8 Å². The van der Waals surface area contributed by atoms with Crippen molar-refractivity contribution in [3.05, 3.63) is 85.7 Å². The van der Waals surface area contributed by atoms with Gasteiger partial charge in [0.25, 0.3) is 5.91 Å². The first-order valence-electron chi connectivity index (χ1n) is 10.7. The molecule has 1 aliphatic heterocycles. The zero-order valence-corrected chi connectivity index (χ0v) is 22.8. The first-order chi connectivity index (χ1) is 16.9. The van der Waals surface area contributed by atoms with Crippen LogP contribution in [0.15, 0.2) is 75.0 Å². The molecule has 1 aliphatic rings. The average molecular weight is 592 g/mol. The Morgan fingerprint density at radius 2 is 1.71 bits per heavy atom. The molecule has 35 heavy (non-hydrogen) atoms. The number of hydrogen-bond acceptors (Lipinski definition) is 5. The average Bonchev–Trinajstić information content (AvgIpc) is 3.14. The van der Waals surface area contributed by atoms with Crippen LogP contribution in [0.2, 0.25) is 10.0 Å². The number of carbonyl (C=O) groups excluding carboxylic acids is 1. The van der Waals surface area contributed by atoms with Crippen LogP contribution in [0.4, 0.5) is 11.4 Å². The third-order valence-electron chi connectivity index (χ3n) is 4.94. The van der Waals surface area contributed by atoms with Crippen molar-refractivity contribution in [2.45, 2.75) is 13.3 Å². The van der Waals surface area contributed by atoms with Gasteiger partial charge in [-0.1, -0.05) is 30.1 Å². The largest absolute Gasteiger partial charge is 0.493 e. The Morgan fingerprint density at radius 1 is 1.06 bits per heavy atom. The molecule has 0 saturated carbocycles. The van der Waals surface area contributed by atoms with Gasteiger partial charge in [-0.3, -0.25) is 9.69 Å². The van der Waals surface area contributed by atoms with Crippen molar-refractivity contribution in [3.63, 3.8) is 0 Å². The minimum Gasteiger partial charge on any atom is -0.493 e. The second-order valence-electron chi connectivity index (χ2n) is 7.48. The molecule has 9 heteroatoms. The molecule has 0 bridgehead atoms. The lowest BCUT2D eigenvalue weighted by molar-refractivity contribution is -0.113. The van der Waals surface area contributed by atoms with Crippen LogP contribution in [0.25, 0.3) is 6.08 Å². The lowest BCUT2D eigenvalue weighted by Gasteiger charge is -2.15. The standard InChI is InChI=1S/C26H21BrCl2N2O3S/c1-3-12-34-24-21(27)13-16(14-22(24)33-2)15-23-25(32)31(20-10-6-18(29)7-11-20)26(35-23)30-19-8-4-17(28)5-9-19/h4-11,13-15H,3,12H2,1-2H3/b23-15-,30-26?. The van der Waals surface area contributed by atoms with E-state index in [2.05, 4.69) is 15.9 Å². The fourth-order valence-corrected chi connectivity index (χ4v) is 5.14. The number of anilines is 1. The van der Waals surface area contributed by atoms with E-state index in [9.17, 15) is 4.79 Å². The summed E-state index contributed by atoms with van der Waals surface area (Å²) in [6, 6.07) is 17.9. The predicted octanol–water partition coefficient (Wildman–Crippen LogP) is 8.36. The van der Waals surface area contributed by atoms with E-state index in [0.717, 1.165) is 16.5 Å². The van der Waals surface area contributed by atoms with Gasteiger partial charge in [0, 0.05) is 10.0 Å². The number of hydrogen-bond donors (Lipinski definition) is 0. The highest BCUT2D eigenvalue weighted by Crippen LogP contribution is 2.41. The molecule has 1 heterocycles. The smallest absolute Gasteiger partial charge is 0.271 e. The number of carbonyl (C=O) groups is 1. The highest BCUT2D eigenvalue weighted by Gasteiger charge is 2.35. The molecule has 1 saturated heterocycles. The van der Waals surface area contributed by atoms with Crippen LogP contribution < -0.4 is 14.4 Å². The van der Waals surface area contributed by atoms with Gasteiger partial charge in [-0.15, -0.1) is 0 Å². The first kappa shape index (κ1) is 25.6. The zero-order chi connectivity index (χ0) is 24.9. The minimum absolute atomic E-state index is 0.188. The Kier molecular flexibility index (Phi) is 8.44. The van der Waals surface area contributed by atoms with Crippen LogP contribution in [0, 0.1) is 0 Å². The van der Waals surface area contributed by atoms with Gasteiger partial charge in [-0.25, -0.2) is 4.99 Å². The molecular weight excluding hydrogens is 571 g/mol. The number of halogens is 3. The highest BCUT2D eigenvalue weighted by molar-refractivity contribution is 9.10. The van der Waals surface area contributed by atoms with Crippen molar-refractivity contribution in [3.8, 4) is 11.5 Å². The summed E-state index contributed by atoms with van der Waals surface area (Å²) in [6.45, 7) is 2.61. The summed E-state index contributed by atoms with van der Waals surface area (Å²) in [4.78, 5) is 20.3. The van der Waals surface area contributed by atoms with Gasteiger partial charge in [-0.05, 0) is 106 Å². The lowest BCUT2D eigenvalue weighted by Crippen LogP contribution is -2.28. The molecule has 4 rings (SSSR count). The van der Waals surface area contributed by atoms with E-state index in [1.807, 2.05) is 25.1 Å². The molecule has 5 nitrogen and oxygen atoms in total. The van der Waals surface area contributed by atoms with Crippen LogP contribution in [0.1, 0.15) is 18.9 Å². The second kappa shape index (κ2) is 11.5. The van der Waals surface area contributed by atoms with Crippen LogP contribution in [0.5, 0.6) is 11.5 Å². The van der Waals surface area contributed by atoms with E-state index >= 15 is 0 Å². The SMILES string of the molecule is CCCOc1c(Br)cc(/C=C2\SC(=Nc3ccc(Cl)cc3)N(c3ccc(Cl)cc3)C2=O)cc1OC. The van der Waals surface area contributed by atoms with Crippen LogP contribution in [-0.4, -0.2) is 24.8 Å². The van der Waals surface area contributed by atoms with Crippen molar-refractivity contribution in [1.29, 1.82) is 0 Å². The van der Waals surface area contributed by atoms with Gasteiger partial charge in [0.05, 0.1) is 34.5 Å². The molecule has 0 atom stereocenters. The van der Waals surface area contributed by atoms with E-state index in [0.29, 0.717) is 49.6 Å². The van der Waals surface area contributed by atoms with E-state index in [1.54, 1.807) is 60.5 Å². The molecule has 0 spiro atoms. The van der Waals surface area contributed by atoms with Crippen molar-refractivity contribution in [1.82, 2.24) is 0 Å². The molecule has 3 aromatic carbocycles. The van der Waals surface area contributed by atoms with Crippen molar-refractivity contribution < 1.29 is 14.3 Å². The number of rotatable bonds is 7. The molecule has 0 unspecified atom stereocenters. The van der Waals surface area contributed by atoms with E-state index in [-0.39, 0.29) is 5.91 Å². The van der Waals surface area contributed by atoms with Crippen molar-refractivity contribution in [2.24, 2.45) is 4.99 Å². The highest BCUT2D eigenvalue weighted by atomic mass is 79.9. The van der Waals surface area contributed by atoms with E-state index < -0.39 is 0 Å². The summed E-state index contributed by atoms with van der Waals surface area (Å²) < 4.78 is 12.1. The maximum atomic E-state index is 13.5. The number of amides is 1. The molecular formula is C26H21BrCl2N2O3S. The van der Waals surface area contributed by atoms with Crippen LogP contribution in [-0.2, 0) is 4.79 Å². The quantitative estimate of drug-likeness (QED) is 0.259. The number of benzene rings is 3. The molecule has 0 aliphatic carbocycles. The van der Waals surface area contributed by atoms with Crippen LogP contribution >= 0.6 is 50.9 Å². The molecule has 0 N–H and O–H groups in total. The summed E-state index contributed by atoms with van der Waals surface area (Å²) in [5.74, 6) is 1.03. The summed E-state index contributed by atoms with van der Waals surface area (Å²) in [7, 11) is 1.59. The maximum absolute atomic E-state index is 13.5. The molecule has 180 valence electrons. The molecule has 0 aromatic heterocycles. The van der Waals surface area contributed by atoms with Crippen molar-refractivity contribution in [2.75, 3.05) is 18.6 Å². The van der Waals surface area contributed by atoms with Crippen LogP contribution in [0.3, 0.4) is 0 Å². The fourth-order valence-electron chi connectivity index (χ4n) is 3.31. The van der Waals surface area contributed by atoms with E-state index in [4.69, 9.17) is 37.7 Å². The fraction of sp³-hybridized carbons (Fsp3) is 0.154. The molecule has 1 fully saturated rings. The summed E-state index contributed by atoms with van der Waals surface area (Å²) in [5, 5.41) is 1.73. The number of thioether (sulfide) groups is 1. The van der Waals surface area contributed by atoms with Gasteiger partial charge in [-0.2, -0.15) is 0 Å². The molecule has 1 amide bonds. The summed E-state index contributed by atoms with van der Waals surface area (Å²) in [6.07, 6.45) is 2.69. The van der Waals surface area contributed by atoms with Gasteiger partial charge in [0.15, 0.2) is 16.7 Å². The third-order valence-corrected chi connectivity index (χ3v) is 7.00. The number of methoxy groups -OCH3 is 1. The minimum atomic E-state index is -0.188. The summed E-state index contributed by atoms with van der Waals surface area (Å²) in [5.41, 5.74) is 2.15. The van der Waals surface area contributed by atoms with Gasteiger partial charge >= 0.3 is 0 Å². The van der Waals surface area contributed by atoms with Gasteiger partial charge < -0.3 is 9.47 Å². The topological polar surface area (TPSA) is 51.1 Å².